The van der Waals surface area contributed by atoms with Crippen molar-refractivity contribution in [1.82, 2.24) is 4.90 Å². The summed E-state index contributed by atoms with van der Waals surface area (Å²) in [6, 6.07) is 9.41. The van der Waals surface area contributed by atoms with Crippen molar-refractivity contribution in [1.29, 1.82) is 0 Å². The number of nitrogens with two attached hydrogens (primary N) is 1. The maximum Gasteiger partial charge on any atom is 0.0346 e. The van der Waals surface area contributed by atoms with Crippen LogP contribution in [-0.2, 0) is 6.42 Å². The quantitative estimate of drug-likeness (QED) is 0.818. The van der Waals surface area contributed by atoms with Crippen LogP contribution in [0.4, 0.5) is 0 Å². The van der Waals surface area contributed by atoms with E-state index in [1.54, 1.807) is 0 Å². The number of hydrogen-bond donors (Lipinski definition) is 1. The highest BCUT2D eigenvalue weighted by atomic mass is 79.9. The second-order valence-corrected chi connectivity index (χ2v) is 7.70. The highest BCUT2D eigenvalue weighted by Crippen LogP contribution is 2.35. The van der Waals surface area contributed by atoms with Crippen LogP contribution in [0.25, 0.3) is 0 Å². The molecule has 0 spiro atoms. The third-order valence-corrected chi connectivity index (χ3v) is 4.71. The monoisotopic (exact) mass is 338 g/mol. The van der Waals surface area contributed by atoms with Crippen molar-refractivity contribution in [3.8, 4) is 0 Å². The Morgan fingerprint density at radius 2 is 1.90 bits per heavy atom. The van der Waals surface area contributed by atoms with E-state index in [9.17, 15) is 0 Å². The Labute approximate surface area is 131 Å². The summed E-state index contributed by atoms with van der Waals surface area (Å²) < 4.78 is 1.14. The van der Waals surface area contributed by atoms with Gasteiger partial charge >= 0.3 is 0 Å². The first-order valence-electron chi connectivity index (χ1n) is 7.66. The van der Waals surface area contributed by atoms with Crippen LogP contribution in [0.3, 0.4) is 0 Å². The molecule has 2 N–H and O–H groups in total. The molecule has 0 radical (unpaired) electrons. The minimum Gasteiger partial charge on any atom is -0.329 e. The molecule has 112 valence electrons. The summed E-state index contributed by atoms with van der Waals surface area (Å²) in [6.07, 6.45) is 3.70. The zero-order chi connectivity index (χ0) is 14.8. The molecule has 2 nitrogen and oxygen atoms in total. The molecule has 20 heavy (non-hydrogen) atoms. The second-order valence-electron chi connectivity index (χ2n) is 6.78. The van der Waals surface area contributed by atoms with Gasteiger partial charge in [0.05, 0.1) is 0 Å². The largest absolute Gasteiger partial charge is 0.329 e. The molecule has 1 aromatic carbocycles. The molecular formula is C17H27BrN2. The lowest BCUT2D eigenvalue weighted by atomic mass is 9.89. The topological polar surface area (TPSA) is 29.3 Å². The molecule has 0 amide bonds. The summed E-state index contributed by atoms with van der Waals surface area (Å²) in [5, 5.41) is 0. The molecule has 1 saturated carbocycles. The van der Waals surface area contributed by atoms with Crippen molar-refractivity contribution in [2.45, 2.75) is 51.6 Å². The van der Waals surface area contributed by atoms with E-state index in [0.29, 0.717) is 12.5 Å². The number of nitrogens with zero attached hydrogens (tertiary/aromatic N) is 1. The van der Waals surface area contributed by atoms with Crippen molar-refractivity contribution in [3.63, 3.8) is 0 Å². The summed E-state index contributed by atoms with van der Waals surface area (Å²) in [4.78, 5) is 2.67. The Hall–Kier alpha value is -0.380. The van der Waals surface area contributed by atoms with Gasteiger partial charge in [-0.05, 0) is 49.8 Å². The van der Waals surface area contributed by atoms with Crippen LogP contribution in [0.15, 0.2) is 28.7 Å². The molecule has 1 aliphatic rings. The van der Waals surface area contributed by atoms with E-state index in [1.165, 1.54) is 18.4 Å². The number of rotatable bonds is 7. The molecule has 0 saturated heterocycles. The molecule has 0 bridgehead atoms. The predicted octanol–water partition coefficient (Wildman–Crippen LogP) is 3.83. The summed E-state index contributed by atoms with van der Waals surface area (Å²) >= 11 is 3.50. The van der Waals surface area contributed by atoms with Crippen molar-refractivity contribution in [2.75, 3.05) is 13.1 Å². The van der Waals surface area contributed by atoms with E-state index in [-0.39, 0.29) is 5.54 Å². The van der Waals surface area contributed by atoms with Gasteiger partial charge in [-0.25, -0.2) is 0 Å². The highest BCUT2D eigenvalue weighted by molar-refractivity contribution is 9.10. The van der Waals surface area contributed by atoms with Crippen molar-refractivity contribution >= 4 is 15.9 Å². The Morgan fingerprint density at radius 3 is 2.35 bits per heavy atom. The number of benzene rings is 1. The van der Waals surface area contributed by atoms with Gasteiger partial charge in [0.25, 0.3) is 0 Å². The first-order chi connectivity index (χ1) is 9.44. The van der Waals surface area contributed by atoms with Crippen LogP contribution in [-0.4, -0.2) is 29.6 Å². The average molecular weight is 339 g/mol. The van der Waals surface area contributed by atoms with Gasteiger partial charge in [-0.2, -0.15) is 0 Å². The van der Waals surface area contributed by atoms with Gasteiger partial charge < -0.3 is 5.73 Å². The molecule has 2 rings (SSSR count). The van der Waals surface area contributed by atoms with Crippen molar-refractivity contribution in [3.05, 3.63) is 34.3 Å². The summed E-state index contributed by atoms with van der Waals surface area (Å²) in [5.74, 6) is 0.686. The van der Waals surface area contributed by atoms with E-state index < -0.39 is 0 Å². The van der Waals surface area contributed by atoms with Crippen LogP contribution < -0.4 is 5.73 Å². The number of hydrogen-bond acceptors (Lipinski definition) is 2. The van der Waals surface area contributed by atoms with Crippen LogP contribution in [0, 0.1) is 5.92 Å². The lowest BCUT2D eigenvalue weighted by Gasteiger charge is -2.42. The summed E-state index contributed by atoms with van der Waals surface area (Å²) in [7, 11) is 0. The van der Waals surface area contributed by atoms with E-state index >= 15 is 0 Å². The predicted molar refractivity (Wildman–Crippen MR) is 89.9 cm³/mol. The maximum absolute atomic E-state index is 6.18. The lowest BCUT2D eigenvalue weighted by molar-refractivity contribution is 0.0863. The molecule has 1 fully saturated rings. The van der Waals surface area contributed by atoms with Crippen LogP contribution in [0.1, 0.15) is 39.2 Å². The zero-order valence-electron chi connectivity index (χ0n) is 12.9. The third-order valence-electron chi connectivity index (χ3n) is 4.18. The Balaban J connectivity index is 2.15. The fraction of sp³-hybridized carbons (Fsp3) is 0.647. The fourth-order valence-corrected chi connectivity index (χ4v) is 3.19. The standard InChI is InChI=1S/C17H27BrN2/c1-13(2)11-20(16-8-9-16)17(3,12-19)10-14-4-6-15(18)7-5-14/h4-7,13,16H,8-12,19H2,1-3H3. The van der Waals surface area contributed by atoms with Gasteiger partial charge in [-0.15, -0.1) is 0 Å². The van der Waals surface area contributed by atoms with Gasteiger partial charge in [0.1, 0.15) is 0 Å². The van der Waals surface area contributed by atoms with Gasteiger partial charge in [0, 0.05) is 29.1 Å². The Kier molecular flexibility index (Phi) is 5.27. The van der Waals surface area contributed by atoms with Crippen molar-refractivity contribution in [2.24, 2.45) is 11.7 Å². The lowest BCUT2D eigenvalue weighted by Crippen LogP contribution is -2.55. The zero-order valence-corrected chi connectivity index (χ0v) is 14.5. The molecular weight excluding hydrogens is 312 g/mol. The minimum absolute atomic E-state index is 0.0687. The first-order valence-corrected chi connectivity index (χ1v) is 8.45. The SMILES string of the molecule is CC(C)CN(C1CC1)C(C)(CN)Cc1ccc(Br)cc1. The van der Waals surface area contributed by atoms with Gasteiger partial charge in [0.2, 0.25) is 0 Å². The van der Waals surface area contributed by atoms with Gasteiger partial charge in [0.15, 0.2) is 0 Å². The maximum atomic E-state index is 6.18. The fourth-order valence-electron chi connectivity index (χ4n) is 2.92. The van der Waals surface area contributed by atoms with E-state index in [4.69, 9.17) is 5.73 Å². The molecule has 1 atom stereocenters. The van der Waals surface area contributed by atoms with E-state index in [1.807, 2.05) is 0 Å². The minimum atomic E-state index is 0.0687. The Morgan fingerprint density at radius 1 is 1.30 bits per heavy atom. The van der Waals surface area contributed by atoms with E-state index in [2.05, 4.69) is 65.9 Å². The molecule has 3 heteroatoms. The van der Waals surface area contributed by atoms with Crippen LogP contribution in [0.2, 0.25) is 0 Å². The summed E-state index contributed by atoms with van der Waals surface area (Å²) in [6.45, 7) is 8.79. The number of halogens is 1. The first kappa shape index (κ1) is 16.0. The smallest absolute Gasteiger partial charge is 0.0346 e. The van der Waals surface area contributed by atoms with Gasteiger partial charge in [-0.1, -0.05) is 41.9 Å². The van der Waals surface area contributed by atoms with Gasteiger partial charge in [-0.3, -0.25) is 4.90 Å². The Bertz CT molecular complexity index is 425. The molecule has 1 unspecified atom stereocenters. The molecule has 0 heterocycles. The van der Waals surface area contributed by atoms with E-state index in [0.717, 1.165) is 23.5 Å². The summed E-state index contributed by atoms with van der Waals surface area (Å²) in [5.41, 5.74) is 7.62. The van der Waals surface area contributed by atoms with Crippen molar-refractivity contribution < 1.29 is 0 Å². The van der Waals surface area contributed by atoms with Crippen LogP contribution in [0.5, 0.6) is 0 Å². The second kappa shape index (κ2) is 6.59. The third kappa shape index (κ3) is 4.06. The van der Waals surface area contributed by atoms with Crippen LogP contribution >= 0.6 is 15.9 Å². The normalized spacial score (nSPS) is 18.6. The molecule has 1 aliphatic carbocycles. The molecule has 1 aromatic rings. The highest BCUT2D eigenvalue weighted by Gasteiger charge is 2.40. The molecule has 0 aliphatic heterocycles. The average Bonchev–Trinajstić information content (AvgIpc) is 3.22. The molecule has 0 aromatic heterocycles.